The number of anilines is 1. The van der Waals surface area contributed by atoms with Crippen LogP contribution in [0.1, 0.15) is 57.9 Å². The van der Waals surface area contributed by atoms with Gasteiger partial charge in [0.2, 0.25) is 11.8 Å². The highest BCUT2D eigenvalue weighted by Gasteiger charge is 2.55. The minimum absolute atomic E-state index is 0.0846. The van der Waals surface area contributed by atoms with Crippen LogP contribution in [0.2, 0.25) is 0 Å². The first-order valence-corrected chi connectivity index (χ1v) is 15.5. The molecular formula is C32H37IN2O8. The molecular weight excluding hydrogens is 667 g/mol. The van der Waals surface area contributed by atoms with Crippen molar-refractivity contribution in [2.75, 3.05) is 18.6 Å². The Balaban J connectivity index is 1.60. The van der Waals surface area contributed by atoms with Gasteiger partial charge < -0.3 is 20.1 Å². The number of fused-ring (bicyclic) bond motifs is 1. The second-order valence-corrected chi connectivity index (χ2v) is 12.1. The number of benzene rings is 2. The fourth-order valence-electron chi connectivity index (χ4n) is 6.43. The molecule has 3 N–H and O–H groups in total. The highest BCUT2D eigenvalue weighted by Crippen LogP contribution is 2.48. The Morgan fingerprint density at radius 1 is 1.21 bits per heavy atom. The SMILES string of the molecule is CCC/C(=C\c1cc(I)c(O)c(OC)c1)CC[C@@H](O)C1=C(CC)C[C@H]2C(=O)N(c3cccc([N+](=O)[O-])c3)C(=O)[C@H]2[C@H]1CO. The molecule has 2 amide bonds. The van der Waals surface area contributed by atoms with E-state index in [1.807, 2.05) is 19.1 Å². The number of allylic oxidation sites excluding steroid dienone is 2. The van der Waals surface area contributed by atoms with E-state index in [-0.39, 0.29) is 23.5 Å². The molecule has 1 aliphatic heterocycles. The zero-order valence-corrected chi connectivity index (χ0v) is 26.6. The number of rotatable bonds is 12. The smallest absolute Gasteiger partial charge is 0.271 e. The molecule has 1 fully saturated rings. The molecule has 1 aliphatic carbocycles. The zero-order chi connectivity index (χ0) is 31.4. The molecule has 230 valence electrons. The number of aromatic hydroxyl groups is 1. The van der Waals surface area contributed by atoms with Crippen molar-refractivity contribution in [3.63, 3.8) is 0 Å². The third kappa shape index (κ3) is 6.63. The summed E-state index contributed by atoms with van der Waals surface area (Å²) in [6.45, 7) is 3.59. The van der Waals surface area contributed by atoms with Crippen molar-refractivity contribution in [3.05, 3.63) is 72.4 Å². The Labute approximate surface area is 264 Å². The number of methoxy groups -OCH3 is 1. The Kier molecular flexibility index (Phi) is 10.6. The lowest BCUT2D eigenvalue weighted by molar-refractivity contribution is -0.384. The molecule has 43 heavy (non-hydrogen) atoms. The summed E-state index contributed by atoms with van der Waals surface area (Å²) >= 11 is 2.05. The third-order valence-electron chi connectivity index (χ3n) is 8.42. The van der Waals surface area contributed by atoms with Crippen molar-refractivity contribution < 1.29 is 34.6 Å². The first-order chi connectivity index (χ1) is 20.6. The number of carbonyl (C=O) groups excluding carboxylic acids is 2. The fourth-order valence-corrected chi connectivity index (χ4v) is 7.06. The van der Waals surface area contributed by atoms with Crippen molar-refractivity contribution in [1.82, 2.24) is 0 Å². The second kappa shape index (κ2) is 14.0. The Morgan fingerprint density at radius 2 is 1.95 bits per heavy atom. The average Bonchev–Trinajstić information content (AvgIpc) is 3.25. The zero-order valence-electron chi connectivity index (χ0n) is 24.5. The molecule has 11 heteroatoms. The van der Waals surface area contributed by atoms with Crippen LogP contribution in [0.4, 0.5) is 11.4 Å². The molecule has 4 atom stereocenters. The van der Waals surface area contributed by atoms with Crippen LogP contribution in [0.15, 0.2) is 53.1 Å². The number of phenols is 1. The van der Waals surface area contributed by atoms with Gasteiger partial charge in [-0.15, -0.1) is 0 Å². The summed E-state index contributed by atoms with van der Waals surface area (Å²) in [7, 11) is 1.50. The molecule has 0 unspecified atom stereocenters. The van der Waals surface area contributed by atoms with E-state index in [2.05, 4.69) is 29.5 Å². The van der Waals surface area contributed by atoms with Gasteiger partial charge in [-0.3, -0.25) is 19.7 Å². The van der Waals surface area contributed by atoms with Gasteiger partial charge in [-0.25, -0.2) is 4.90 Å². The number of phenolic OH excluding ortho intramolecular Hbond substituents is 1. The third-order valence-corrected chi connectivity index (χ3v) is 9.24. The molecule has 2 aliphatic rings. The summed E-state index contributed by atoms with van der Waals surface area (Å²) in [5.74, 6) is -2.82. The van der Waals surface area contributed by atoms with Crippen LogP contribution in [0.3, 0.4) is 0 Å². The largest absolute Gasteiger partial charge is 0.504 e. The van der Waals surface area contributed by atoms with Crippen LogP contribution in [0.5, 0.6) is 11.5 Å². The summed E-state index contributed by atoms with van der Waals surface area (Å²) in [6.07, 6.45) is 4.55. The number of non-ortho nitro benzene ring substituents is 1. The van der Waals surface area contributed by atoms with E-state index < -0.39 is 47.2 Å². The van der Waals surface area contributed by atoms with Crippen LogP contribution in [-0.2, 0) is 9.59 Å². The minimum atomic E-state index is -0.933. The standard InChI is InChI=1S/C32H37IN2O8/c1-4-7-18(12-19-13-25(33)30(38)27(14-19)43-3)10-11-26(37)28-20(5-2)15-23-29(24(28)17-36)32(40)34(31(23)39)21-8-6-9-22(16-21)35(41)42/h6,8-9,12-14,16,23-24,26,29,36-38H,4-5,7,10-11,15,17H2,1-3H3/b18-12+/t23-,24+,26-,29-/m1/s1. The van der Waals surface area contributed by atoms with Gasteiger partial charge in [0.1, 0.15) is 0 Å². The van der Waals surface area contributed by atoms with Gasteiger partial charge >= 0.3 is 0 Å². The molecule has 0 bridgehead atoms. The number of nitro groups is 1. The predicted molar refractivity (Wildman–Crippen MR) is 171 cm³/mol. The molecule has 0 radical (unpaired) electrons. The number of carbonyl (C=O) groups is 2. The fraction of sp³-hybridized carbons (Fsp3) is 0.438. The minimum Gasteiger partial charge on any atom is -0.504 e. The number of imide groups is 1. The van der Waals surface area contributed by atoms with Crippen molar-refractivity contribution in [3.8, 4) is 11.5 Å². The van der Waals surface area contributed by atoms with E-state index in [0.717, 1.165) is 34.5 Å². The van der Waals surface area contributed by atoms with Crippen molar-refractivity contribution in [2.45, 2.75) is 58.5 Å². The van der Waals surface area contributed by atoms with Gasteiger partial charge in [0.15, 0.2) is 11.5 Å². The second-order valence-electron chi connectivity index (χ2n) is 11.0. The molecule has 1 heterocycles. The summed E-state index contributed by atoms with van der Waals surface area (Å²) in [6, 6.07) is 9.05. The van der Waals surface area contributed by atoms with E-state index in [9.17, 15) is 35.0 Å². The number of ether oxygens (including phenoxy) is 1. The van der Waals surface area contributed by atoms with Crippen LogP contribution < -0.4 is 9.64 Å². The lowest BCUT2D eigenvalue weighted by atomic mass is 9.67. The monoisotopic (exact) mass is 704 g/mol. The van der Waals surface area contributed by atoms with Gasteiger partial charge in [0, 0.05) is 18.1 Å². The molecule has 4 rings (SSSR count). The summed E-state index contributed by atoms with van der Waals surface area (Å²) < 4.78 is 5.96. The summed E-state index contributed by atoms with van der Waals surface area (Å²) in [4.78, 5) is 39.0. The highest BCUT2D eigenvalue weighted by atomic mass is 127. The molecule has 0 saturated carbocycles. The number of aliphatic hydroxyl groups is 2. The van der Waals surface area contributed by atoms with E-state index in [1.165, 1.54) is 31.4 Å². The van der Waals surface area contributed by atoms with Crippen molar-refractivity contribution >= 4 is 51.9 Å². The normalized spacial score (nSPS) is 21.3. The number of nitrogens with zero attached hydrogens (tertiary/aromatic N) is 2. The van der Waals surface area contributed by atoms with Crippen LogP contribution in [-0.4, -0.2) is 51.9 Å². The van der Waals surface area contributed by atoms with Crippen LogP contribution in [0, 0.1) is 31.4 Å². The van der Waals surface area contributed by atoms with Gasteiger partial charge in [0.05, 0.1) is 45.8 Å². The molecule has 10 nitrogen and oxygen atoms in total. The number of hydrogen-bond donors (Lipinski definition) is 3. The van der Waals surface area contributed by atoms with Gasteiger partial charge in [-0.2, -0.15) is 0 Å². The summed E-state index contributed by atoms with van der Waals surface area (Å²) in [5, 5.41) is 43.6. The lowest BCUT2D eigenvalue weighted by Crippen LogP contribution is -2.39. The molecule has 0 spiro atoms. The lowest BCUT2D eigenvalue weighted by Gasteiger charge is -2.36. The van der Waals surface area contributed by atoms with Crippen LogP contribution in [0.25, 0.3) is 6.08 Å². The number of halogens is 1. The Bertz CT molecular complexity index is 1470. The first kappa shape index (κ1) is 32.6. The van der Waals surface area contributed by atoms with Gasteiger partial charge in [0.25, 0.3) is 5.69 Å². The maximum atomic E-state index is 13.7. The van der Waals surface area contributed by atoms with E-state index in [0.29, 0.717) is 34.2 Å². The predicted octanol–water partition coefficient (Wildman–Crippen LogP) is 5.76. The first-order valence-electron chi connectivity index (χ1n) is 14.4. The van der Waals surface area contributed by atoms with Gasteiger partial charge in [-0.1, -0.05) is 43.6 Å². The van der Waals surface area contributed by atoms with Crippen molar-refractivity contribution in [2.24, 2.45) is 17.8 Å². The average molecular weight is 705 g/mol. The summed E-state index contributed by atoms with van der Waals surface area (Å²) in [5.41, 5.74) is 3.34. The number of aliphatic hydroxyl groups excluding tert-OH is 2. The molecule has 1 saturated heterocycles. The Morgan fingerprint density at radius 3 is 2.58 bits per heavy atom. The van der Waals surface area contributed by atoms with E-state index in [4.69, 9.17) is 4.74 Å². The van der Waals surface area contributed by atoms with E-state index in [1.54, 1.807) is 6.07 Å². The highest BCUT2D eigenvalue weighted by molar-refractivity contribution is 14.1. The van der Waals surface area contributed by atoms with Crippen molar-refractivity contribution in [1.29, 1.82) is 0 Å². The Hall–Kier alpha value is -3.29. The maximum Gasteiger partial charge on any atom is 0.271 e. The topological polar surface area (TPSA) is 150 Å². The molecule has 2 aromatic rings. The number of hydrogen-bond acceptors (Lipinski definition) is 8. The maximum absolute atomic E-state index is 13.7. The van der Waals surface area contributed by atoms with Crippen LogP contribution >= 0.6 is 22.6 Å². The molecule has 0 aromatic heterocycles. The quantitative estimate of drug-likeness (QED) is 0.0830. The molecule has 2 aromatic carbocycles. The van der Waals surface area contributed by atoms with E-state index >= 15 is 0 Å². The number of nitro benzene ring substituents is 1. The van der Waals surface area contributed by atoms with Gasteiger partial charge in [-0.05, 0) is 84.0 Å². The number of amides is 2.